The van der Waals surface area contributed by atoms with Crippen LogP contribution in [0.15, 0.2) is 36.4 Å². The molecule has 0 spiro atoms. The first-order valence-electron chi connectivity index (χ1n) is 11.0. The summed E-state index contributed by atoms with van der Waals surface area (Å²) in [6.07, 6.45) is 13.1. The molecule has 0 saturated carbocycles. The van der Waals surface area contributed by atoms with E-state index >= 15 is 0 Å². The van der Waals surface area contributed by atoms with Gasteiger partial charge in [-0.15, -0.1) is 0 Å². The largest absolute Gasteiger partial charge is 0.206 e. The van der Waals surface area contributed by atoms with Crippen molar-refractivity contribution < 1.29 is 4.39 Å². The van der Waals surface area contributed by atoms with E-state index < -0.39 is 0 Å². The Hall–Kier alpha value is -2.14. The summed E-state index contributed by atoms with van der Waals surface area (Å²) in [5.74, 6) is 0.241. The van der Waals surface area contributed by atoms with Crippen molar-refractivity contribution in [3.05, 3.63) is 70.0 Å². The Morgan fingerprint density at radius 3 is 2.39 bits per heavy atom. The van der Waals surface area contributed by atoms with Crippen LogP contribution in [0.4, 0.5) is 4.39 Å². The van der Waals surface area contributed by atoms with Crippen LogP contribution in [0.25, 0.3) is 0 Å². The van der Waals surface area contributed by atoms with Gasteiger partial charge >= 0.3 is 0 Å². The summed E-state index contributed by atoms with van der Waals surface area (Å²) >= 11 is 0. The number of halogens is 1. The topological polar surface area (TPSA) is 23.8 Å². The fourth-order valence-electron chi connectivity index (χ4n) is 4.36. The minimum absolute atomic E-state index is 0.183. The fraction of sp³-hybridized carbons (Fsp3) is 0.500. The number of rotatable bonds is 9. The third-order valence-corrected chi connectivity index (χ3v) is 6.17. The summed E-state index contributed by atoms with van der Waals surface area (Å²) in [7, 11) is 0. The van der Waals surface area contributed by atoms with E-state index in [2.05, 4.69) is 31.2 Å². The van der Waals surface area contributed by atoms with Crippen molar-refractivity contribution in [1.82, 2.24) is 0 Å². The first-order valence-corrected chi connectivity index (χ1v) is 11.0. The zero-order valence-corrected chi connectivity index (χ0v) is 17.1. The van der Waals surface area contributed by atoms with Crippen LogP contribution in [0.3, 0.4) is 0 Å². The fourth-order valence-corrected chi connectivity index (χ4v) is 4.36. The molecule has 3 rings (SSSR count). The Kier molecular flexibility index (Phi) is 7.66. The van der Waals surface area contributed by atoms with Crippen LogP contribution in [-0.4, -0.2) is 0 Å². The minimum Gasteiger partial charge on any atom is -0.206 e. The maximum absolute atomic E-state index is 13.9. The number of nitrogens with zero attached hydrogens (tertiary/aromatic N) is 1. The molecule has 0 aromatic heterocycles. The van der Waals surface area contributed by atoms with Crippen LogP contribution in [0.5, 0.6) is 0 Å². The molecule has 0 fully saturated rings. The Labute approximate surface area is 169 Å². The van der Waals surface area contributed by atoms with Gasteiger partial charge in [-0.1, -0.05) is 56.9 Å². The molecule has 1 atom stereocenters. The lowest BCUT2D eigenvalue weighted by atomic mass is 9.80. The summed E-state index contributed by atoms with van der Waals surface area (Å²) < 4.78 is 13.9. The molecule has 1 aliphatic rings. The molecule has 148 valence electrons. The van der Waals surface area contributed by atoms with E-state index in [1.807, 2.05) is 6.07 Å². The van der Waals surface area contributed by atoms with Crippen molar-refractivity contribution in [2.45, 2.75) is 77.6 Å². The monoisotopic (exact) mass is 377 g/mol. The van der Waals surface area contributed by atoms with E-state index in [1.54, 1.807) is 12.1 Å². The molecule has 0 N–H and O–H groups in total. The molecule has 2 heteroatoms. The molecule has 0 heterocycles. The molecule has 1 nitrogen and oxygen atoms in total. The van der Waals surface area contributed by atoms with Crippen molar-refractivity contribution >= 4 is 0 Å². The van der Waals surface area contributed by atoms with Crippen molar-refractivity contribution in [1.29, 1.82) is 5.26 Å². The van der Waals surface area contributed by atoms with Gasteiger partial charge in [0, 0.05) is 0 Å². The molecule has 2 aromatic carbocycles. The van der Waals surface area contributed by atoms with E-state index in [9.17, 15) is 4.39 Å². The second kappa shape index (κ2) is 10.4. The second-order valence-electron chi connectivity index (χ2n) is 8.34. The van der Waals surface area contributed by atoms with Gasteiger partial charge in [-0.25, -0.2) is 4.39 Å². The van der Waals surface area contributed by atoms with Gasteiger partial charge in [0.1, 0.15) is 11.9 Å². The zero-order valence-electron chi connectivity index (χ0n) is 17.1. The summed E-state index contributed by atoms with van der Waals surface area (Å²) in [6, 6.07) is 14.5. The lowest BCUT2D eigenvalue weighted by molar-refractivity contribution is 0.425. The van der Waals surface area contributed by atoms with Gasteiger partial charge in [0.15, 0.2) is 0 Å². The van der Waals surface area contributed by atoms with Gasteiger partial charge < -0.3 is 0 Å². The molecule has 0 aliphatic heterocycles. The lowest BCUT2D eigenvalue weighted by Crippen LogP contribution is -2.15. The average Bonchev–Trinajstić information content (AvgIpc) is 2.72. The molecule has 1 aliphatic carbocycles. The molecule has 28 heavy (non-hydrogen) atoms. The van der Waals surface area contributed by atoms with Crippen LogP contribution < -0.4 is 0 Å². The highest BCUT2D eigenvalue weighted by molar-refractivity contribution is 5.41. The normalized spacial score (nSPS) is 15.8. The minimum atomic E-state index is -0.368. The quantitative estimate of drug-likeness (QED) is 0.434. The van der Waals surface area contributed by atoms with E-state index in [-0.39, 0.29) is 11.4 Å². The van der Waals surface area contributed by atoms with Gasteiger partial charge in [-0.2, -0.15) is 5.26 Å². The van der Waals surface area contributed by atoms with E-state index in [1.165, 1.54) is 49.7 Å². The SMILES string of the molecule is CCCCCCCc1ccc(CCC2CCc3cc(C#N)c(F)cc3C2)cc1. The Morgan fingerprint density at radius 1 is 0.964 bits per heavy atom. The molecule has 0 radical (unpaired) electrons. The maximum atomic E-state index is 13.9. The predicted molar refractivity (Wildman–Crippen MR) is 114 cm³/mol. The first kappa shape index (κ1) is 20.6. The standard InChI is InChI=1S/C26H32FN/c1-2-3-4-5-6-7-20-8-10-21(11-9-20)12-13-22-14-15-23-17-25(19-28)26(27)18-24(23)16-22/h8-11,17-18,22H,2-7,12-16H2,1H3. The average molecular weight is 378 g/mol. The van der Waals surface area contributed by atoms with Gasteiger partial charge in [0.2, 0.25) is 0 Å². The van der Waals surface area contributed by atoms with Gasteiger partial charge in [0.25, 0.3) is 0 Å². The molecule has 0 bridgehead atoms. The van der Waals surface area contributed by atoms with Crippen molar-refractivity contribution in [3.63, 3.8) is 0 Å². The summed E-state index contributed by atoms with van der Waals surface area (Å²) in [4.78, 5) is 0. The van der Waals surface area contributed by atoms with Crippen molar-refractivity contribution in [2.24, 2.45) is 5.92 Å². The third kappa shape index (κ3) is 5.68. The van der Waals surface area contributed by atoms with Crippen LogP contribution >= 0.6 is 0 Å². The Balaban J connectivity index is 1.46. The van der Waals surface area contributed by atoms with Gasteiger partial charge in [-0.3, -0.25) is 0 Å². The van der Waals surface area contributed by atoms with Gasteiger partial charge in [0.05, 0.1) is 5.56 Å². The number of hydrogen-bond acceptors (Lipinski definition) is 1. The molecule has 0 amide bonds. The summed E-state index contributed by atoms with van der Waals surface area (Å²) in [5.41, 5.74) is 5.31. The van der Waals surface area contributed by atoms with Crippen LogP contribution in [0.2, 0.25) is 0 Å². The van der Waals surface area contributed by atoms with Crippen molar-refractivity contribution in [3.8, 4) is 6.07 Å². The Bertz CT molecular complexity index is 800. The van der Waals surface area contributed by atoms with Crippen molar-refractivity contribution in [2.75, 3.05) is 0 Å². The maximum Gasteiger partial charge on any atom is 0.141 e. The molecule has 1 unspecified atom stereocenters. The number of nitriles is 1. The molecule has 2 aromatic rings. The first-order chi connectivity index (χ1) is 13.7. The highest BCUT2D eigenvalue weighted by Gasteiger charge is 2.20. The summed E-state index contributed by atoms with van der Waals surface area (Å²) in [5, 5.41) is 8.99. The smallest absolute Gasteiger partial charge is 0.141 e. The van der Waals surface area contributed by atoms with Crippen LogP contribution in [0, 0.1) is 23.1 Å². The summed E-state index contributed by atoms with van der Waals surface area (Å²) in [6.45, 7) is 2.26. The second-order valence-corrected chi connectivity index (χ2v) is 8.34. The number of aryl methyl sites for hydroxylation is 3. The number of hydrogen-bond donors (Lipinski definition) is 0. The van der Waals surface area contributed by atoms with Crippen LogP contribution in [0.1, 0.15) is 79.7 Å². The number of fused-ring (bicyclic) bond motifs is 1. The highest BCUT2D eigenvalue weighted by Crippen LogP contribution is 2.30. The van der Waals surface area contributed by atoms with Gasteiger partial charge in [-0.05, 0) is 85.3 Å². The Morgan fingerprint density at radius 2 is 1.68 bits per heavy atom. The molecular formula is C26H32FN. The van der Waals surface area contributed by atoms with E-state index in [0.717, 1.165) is 43.2 Å². The van der Waals surface area contributed by atoms with E-state index in [0.29, 0.717) is 5.92 Å². The third-order valence-electron chi connectivity index (χ3n) is 6.17. The molecular weight excluding hydrogens is 345 g/mol. The molecule has 0 saturated heterocycles. The van der Waals surface area contributed by atoms with Crippen LogP contribution in [-0.2, 0) is 25.7 Å². The van der Waals surface area contributed by atoms with E-state index in [4.69, 9.17) is 5.26 Å². The zero-order chi connectivity index (χ0) is 19.8. The number of unbranched alkanes of at least 4 members (excludes halogenated alkanes) is 4. The highest BCUT2D eigenvalue weighted by atomic mass is 19.1. The lowest BCUT2D eigenvalue weighted by Gasteiger charge is -2.25. The predicted octanol–water partition coefficient (Wildman–Crippen LogP) is 6.95. The number of benzene rings is 2.